The average molecular weight is 266 g/mol. The van der Waals surface area contributed by atoms with Crippen molar-refractivity contribution in [3.63, 3.8) is 0 Å². The van der Waals surface area contributed by atoms with Crippen LogP contribution in [0.15, 0.2) is 18.2 Å². The van der Waals surface area contributed by atoms with Crippen molar-refractivity contribution < 1.29 is 9.90 Å². The second kappa shape index (κ2) is 5.10. The summed E-state index contributed by atoms with van der Waals surface area (Å²) >= 11 is 1.96. The molecular formula is C13H18N2O2S. The summed E-state index contributed by atoms with van der Waals surface area (Å²) in [5, 5.41) is 9.65. The molecule has 1 saturated heterocycles. The number of carbonyl (C=O) groups is 1. The van der Waals surface area contributed by atoms with Crippen molar-refractivity contribution in [2.45, 2.75) is 25.1 Å². The monoisotopic (exact) mass is 266 g/mol. The zero-order valence-corrected chi connectivity index (χ0v) is 11.4. The summed E-state index contributed by atoms with van der Waals surface area (Å²) in [6.45, 7) is 5.32. The van der Waals surface area contributed by atoms with Crippen LogP contribution >= 0.6 is 11.8 Å². The lowest BCUT2D eigenvalue weighted by atomic mass is 10.1. The number of carboxylic acid groups (broad SMARTS) is 1. The van der Waals surface area contributed by atoms with Crippen LogP contribution in [0.5, 0.6) is 0 Å². The second-order valence-electron chi connectivity index (χ2n) is 4.59. The van der Waals surface area contributed by atoms with Crippen LogP contribution in [0.2, 0.25) is 0 Å². The summed E-state index contributed by atoms with van der Waals surface area (Å²) in [6, 6.07) is 5.66. The lowest BCUT2D eigenvalue weighted by molar-refractivity contribution is 0.0698. The van der Waals surface area contributed by atoms with Gasteiger partial charge in [-0.2, -0.15) is 11.8 Å². The molecule has 0 spiro atoms. The molecule has 1 aliphatic rings. The standard InChI is InChI=1S/C13H18N2O2S/c1-8-9(2)18-6-5-15(8)10-3-4-12(14)11(7-10)13(16)17/h3-4,7-9H,5-6,14H2,1-2H3,(H,16,17). The van der Waals surface area contributed by atoms with Crippen LogP contribution in [-0.4, -0.2) is 34.7 Å². The summed E-state index contributed by atoms with van der Waals surface area (Å²) < 4.78 is 0. The van der Waals surface area contributed by atoms with Gasteiger partial charge in [-0.3, -0.25) is 0 Å². The Labute approximate surface area is 111 Å². The molecule has 0 radical (unpaired) electrons. The maximum atomic E-state index is 11.1. The van der Waals surface area contributed by atoms with E-state index in [9.17, 15) is 4.79 Å². The largest absolute Gasteiger partial charge is 0.478 e. The molecular weight excluding hydrogens is 248 g/mol. The van der Waals surface area contributed by atoms with E-state index in [0.717, 1.165) is 18.0 Å². The number of hydrogen-bond donors (Lipinski definition) is 2. The molecule has 2 atom stereocenters. The van der Waals surface area contributed by atoms with Crippen molar-refractivity contribution in [2.24, 2.45) is 0 Å². The van der Waals surface area contributed by atoms with Crippen LogP contribution in [0.4, 0.5) is 11.4 Å². The third-order valence-corrected chi connectivity index (χ3v) is 4.82. The van der Waals surface area contributed by atoms with Gasteiger partial charge in [0, 0.05) is 35.0 Å². The molecule has 1 heterocycles. The molecule has 0 aromatic heterocycles. The average Bonchev–Trinajstić information content (AvgIpc) is 2.33. The van der Waals surface area contributed by atoms with E-state index in [1.54, 1.807) is 12.1 Å². The molecule has 1 aliphatic heterocycles. The minimum absolute atomic E-state index is 0.186. The number of nitrogens with two attached hydrogens (primary N) is 1. The van der Waals surface area contributed by atoms with Gasteiger partial charge >= 0.3 is 5.97 Å². The molecule has 0 saturated carbocycles. The number of thioether (sulfide) groups is 1. The lowest BCUT2D eigenvalue weighted by Crippen LogP contribution is -2.44. The Kier molecular flexibility index (Phi) is 3.71. The van der Waals surface area contributed by atoms with E-state index in [4.69, 9.17) is 10.8 Å². The van der Waals surface area contributed by atoms with Crippen LogP contribution in [0.25, 0.3) is 0 Å². The van der Waals surface area contributed by atoms with Crippen LogP contribution in [-0.2, 0) is 0 Å². The highest BCUT2D eigenvalue weighted by atomic mass is 32.2. The first-order chi connectivity index (χ1) is 8.50. The Bertz CT molecular complexity index is 464. The number of aromatic carboxylic acids is 1. The highest BCUT2D eigenvalue weighted by Gasteiger charge is 2.26. The predicted molar refractivity (Wildman–Crippen MR) is 76.5 cm³/mol. The summed E-state index contributed by atoms with van der Waals surface area (Å²) in [4.78, 5) is 13.4. The Balaban J connectivity index is 2.33. The SMILES string of the molecule is CC1SCCN(c2ccc(N)c(C(=O)O)c2)C1C. The molecule has 2 rings (SSSR count). The molecule has 1 aromatic rings. The van der Waals surface area contributed by atoms with Crippen molar-refractivity contribution in [2.75, 3.05) is 22.9 Å². The van der Waals surface area contributed by atoms with E-state index in [1.807, 2.05) is 17.8 Å². The zero-order valence-electron chi connectivity index (χ0n) is 10.6. The van der Waals surface area contributed by atoms with Gasteiger partial charge in [-0.15, -0.1) is 0 Å². The lowest BCUT2D eigenvalue weighted by Gasteiger charge is -2.39. The Morgan fingerprint density at radius 3 is 2.89 bits per heavy atom. The molecule has 0 amide bonds. The maximum Gasteiger partial charge on any atom is 0.337 e. The van der Waals surface area contributed by atoms with Crippen LogP contribution in [0.3, 0.4) is 0 Å². The van der Waals surface area contributed by atoms with Crippen molar-refractivity contribution in [1.82, 2.24) is 0 Å². The molecule has 3 N–H and O–H groups in total. The predicted octanol–water partition coefficient (Wildman–Crippen LogP) is 2.30. The summed E-state index contributed by atoms with van der Waals surface area (Å²) in [5.41, 5.74) is 7.13. The number of rotatable bonds is 2. The third kappa shape index (κ3) is 2.41. The molecule has 4 nitrogen and oxygen atoms in total. The first-order valence-electron chi connectivity index (χ1n) is 6.01. The number of anilines is 2. The minimum atomic E-state index is -0.971. The van der Waals surface area contributed by atoms with Gasteiger partial charge in [0.15, 0.2) is 0 Å². The smallest absolute Gasteiger partial charge is 0.337 e. The Morgan fingerprint density at radius 1 is 1.50 bits per heavy atom. The van der Waals surface area contributed by atoms with E-state index in [-0.39, 0.29) is 5.56 Å². The zero-order chi connectivity index (χ0) is 13.3. The normalized spacial score (nSPS) is 24.0. The van der Waals surface area contributed by atoms with Gasteiger partial charge in [0.05, 0.1) is 5.56 Å². The summed E-state index contributed by atoms with van der Waals surface area (Å²) in [6.07, 6.45) is 0. The molecule has 98 valence electrons. The quantitative estimate of drug-likeness (QED) is 0.804. The van der Waals surface area contributed by atoms with E-state index >= 15 is 0 Å². The van der Waals surface area contributed by atoms with Crippen molar-refractivity contribution >= 4 is 29.1 Å². The van der Waals surface area contributed by atoms with E-state index in [2.05, 4.69) is 18.7 Å². The molecule has 0 bridgehead atoms. The van der Waals surface area contributed by atoms with E-state index < -0.39 is 5.97 Å². The molecule has 5 heteroatoms. The van der Waals surface area contributed by atoms with Gasteiger partial charge in [-0.05, 0) is 25.1 Å². The molecule has 2 unspecified atom stereocenters. The fourth-order valence-electron chi connectivity index (χ4n) is 2.21. The first-order valence-corrected chi connectivity index (χ1v) is 7.06. The molecule has 18 heavy (non-hydrogen) atoms. The molecule has 0 aliphatic carbocycles. The number of benzene rings is 1. The highest BCUT2D eigenvalue weighted by Crippen LogP contribution is 2.30. The van der Waals surface area contributed by atoms with Crippen LogP contribution < -0.4 is 10.6 Å². The van der Waals surface area contributed by atoms with Gasteiger partial charge in [-0.1, -0.05) is 6.92 Å². The summed E-state index contributed by atoms with van der Waals surface area (Å²) in [5.74, 6) is 0.0969. The van der Waals surface area contributed by atoms with Gasteiger partial charge in [0.2, 0.25) is 0 Å². The van der Waals surface area contributed by atoms with Crippen LogP contribution in [0.1, 0.15) is 24.2 Å². The maximum absolute atomic E-state index is 11.1. The summed E-state index contributed by atoms with van der Waals surface area (Å²) in [7, 11) is 0. The Hall–Kier alpha value is -1.36. The first kappa shape index (κ1) is 13.1. The minimum Gasteiger partial charge on any atom is -0.478 e. The van der Waals surface area contributed by atoms with Gasteiger partial charge in [0.25, 0.3) is 0 Å². The van der Waals surface area contributed by atoms with Crippen molar-refractivity contribution in [3.05, 3.63) is 23.8 Å². The van der Waals surface area contributed by atoms with Crippen molar-refractivity contribution in [3.8, 4) is 0 Å². The van der Waals surface area contributed by atoms with Gasteiger partial charge < -0.3 is 15.7 Å². The number of nitrogen functional groups attached to an aromatic ring is 1. The van der Waals surface area contributed by atoms with Gasteiger partial charge in [-0.25, -0.2) is 4.79 Å². The topological polar surface area (TPSA) is 66.6 Å². The van der Waals surface area contributed by atoms with Gasteiger partial charge in [0.1, 0.15) is 0 Å². The van der Waals surface area contributed by atoms with E-state index in [1.165, 1.54) is 0 Å². The fourth-order valence-corrected chi connectivity index (χ4v) is 3.30. The number of hydrogen-bond acceptors (Lipinski definition) is 4. The van der Waals surface area contributed by atoms with Crippen molar-refractivity contribution in [1.29, 1.82) is 0 Å². The Morgan fingerprint density at radius 2 is 2.22 bits per heavy atom. The number of nitrogens with zero attached hydrogens (tertiary/aromatic N) is 1. The fraction of sp³-hybridized carbons (Fsp3) is 0.462. The highest BCUT2D eigenvalue weighted by molar-refractivity contribution is 8.00. The second-order valence-corrected chi connectivity index (χ2v) is 6.07. The van der Waals surface area contributed by atoms with E-state index in [0.29, 0.717) is 17.0 Å². The third-order valence-electron chi connectivity index (χ3n) is 3.48. The number of carboxylic acids is 1. The van der Waals surface area contributed by atoms with Crippen LogP contribution in [0, 0.1) is 0 Å². The molecule has 1 aromatic carbocycles. The molecule has 1 fully saturated rings.